The van der Waals surface area contributed by atoms with Crippen LogP contribution in [0.5, 0.6) is 11.5 Å². The number of carbonyl (C=O) groups is 1. The Morgan fingerprint density at radius 3 is 2.00 bits per heavy atom. The van der Waals surface area contributed by atoms with Crippen LogP contribution >= 0.6 is 12.4 Å². The van der Waals surface area contributed by atoms with E-state index in [-0.39, 0.29) is 41.6 Å². The first-order chi connectivity index (χ1) is 17.5. The molecule has 0 aliphatic carbocycles. The number of hydrogen-bond donors (Lipinski definition) is 2. The molecule has 13 heteroatoms. The lowest BCUT2D eigenvalue weighted by Gasteiger charge is -2.39. The van der Waals surface area contributed by atoms with Crippen LogP contribution in [0.3, 0.4) is 0 Å². The van der Waals surface area contributed by atoms with Crippen molar-refractivity contribution in [3.8, 4) is 11.5 Å². The quantitative estimate of drug-likeness (QED) is 0.314. The van der Waals surface area contributed by atoms with Gasteiger partial charge in [-0.1, -0.05) is 0 Å². The third kappa shape index (κ3) is 6.09. The van der Waals surface area contributed by atoms with Gasteiger partial charge in [-0.05, 0) is 79.1 Å². The van der Waals surface area contributed by atoms with E-state index in [4.69, 9.17) is 4.74 Å². The standard InChI is InChI=1S/C25H24F3N3O5S.ClH/c26-25(27,28)19-1-3-20(4-2-19)36-21-5-7-22(8-6-21)37(34,35)24(23(32)30-33)11-15-31(16-12-24)17-18-9-13-29-14-10-18;/h1-10,13-14,33H,11-12,15-17H2,(H,30,32);1H. The average Bonchev–Trinajstić information content (AvgIpc) is 2.89. The van der Waals surface area contributed by atoms with Gasteiger partial charge in [-0.3, -0.25) is 19.9 Å². The summed E-state index contributed by atoms with van der Waals surface area (Å²) in [5, 5.41) is 9.37. The van der Waals surface area contributed by atoms with Gasteiger partial charge < -0.3 is 4.74 Å². The third-order valence-corrected chi connectivity index (χ3v) is 8.92. The van der Waals surface area contributed by atoms with Crippen molar-refractivity contribution >= 4 is 28.2 Å². The number of rotatable bonds is 7. The van der Waals surface area contributed by atoms with Gasteiger partial charge in [0.25, 0.3) is 5.91 Å². The van der Waals surface area contributed by atoms with E-state index in [2.05, 4.69) is 4.98 Å². The molecule has 1 aromatic heterocycles. The topological polar surface area (TPSA) is 109 Å². The molecule has 1 fully saturated rings. The highest BCUT2D eigenvalue weighted by Gasteiger charge is 2.52. The van der Waals surface area contributed by atoms with Crippen molar-refractivity contribution in [2.75, 3.05) is 13.1 Å². The molecule has 1 saturated heterocycles. The lowest BCUT2D eigenvalue weighted by Crippen LogP contribution is -2.57. The van der Waals surface area contributed by atoms with Gasteiger partial charge in [0, 0.05) is 32.0 Å². The summed E-state index contributed by atoms with van der Waals surface area (Å²) in [5.41, 5.74) is 1.71. The second-order valence-corrected chi connectivity index (χ2v) is 10.9. The summed E-state index contributed by atoms with van der Waals surface area (Å²) in [7, 11) is -4.23. The van der Waals surface area contributed by atoms with Crippen molar-refractivity contribution in [3.05, 3.63) is 84.2 Å². The lowest BCUT2D eigenvalue weighted by atomic mass is 9.94. The van der Waals surface area contributed by atoms with Crippen LogP contribution in [-0.2, 0) is 27.4 Å². The zero-order valence-electron chi connectivity index (χ0n) is 19.9. The van der Waals surface area contributed by atoms with Gasteiger partial charge >= 0.3 is 6.18 Å². The molecule has 1 aliphatic rings. The second kappa shape index (κ2) is 11.7. The van der Waals surface area contributed by atoms with E-state index >= 15 is 0 Å². The van der Waals surface area contributed by atoms with E-state index in [9.17, 15) is 31.6 Å². The molecule has 4 rings (SSSR count). The molecular formula is C25H25ClF3N3O5S. The van der Waals surface area contributed by atoms with Crippen LogP contribution in [0.15, 0.2) is 78.0 Å². The molecule has 8 nitrogen and oxygen atoms in total. The summed E-state index contributed by atoms with van der Waals surface area (Å²) in [6.45, 7) is 1.18. The number of hydroxylamine groups is 1. The predicted octanol–water partition coefficient (Wildman–Crippen LogP) is 4.63. The maximum absolute atomic E-state index is 13.6. The van der Waals surface area contributed by atoms with Crippen molar-refractivity contribution in [1.29, 1.82) is 0 Å². The predicted molar refractivity (Wildman–Crippen MR) is 134 cm³/mol. The van der Waals surface area contributed by atoms with E-state index in [1.54, 1.807) is 12.4 Å². The summed E-state index contributed by atoms with van der Waals surface area (Å²) in [4.78, 5) is 18.6. The molecule has 3 aromatic rings. The molecule has 0 bridgehead atoms. The largest absolute Gasteiger partial charge is 0.457 e. The number of nitrogens with one attached hydrogen (secondary N) is 1. The van der Waals surface area contributed by atoms with Gasteiger partial charge in [-0.15, -0.1) is 12.4 Å². The van der Waals surface area contributed by atoms with E-state index in [0.717, 1.165) is 29.8 Å². The Hall–Kier alpha value is -3.19. The highest BCUT2D eigenvalue weighted by atomic mass is 35.5. The van der Waals surface area contributed by atoms with Crippen molar-refractivity contribution < 1.29 is 36.3 Å². The molecule has 0 saturated carbocycles. The number of benzene rings is 2. The van der Waals surface area contributed by atoms with Crippen LogP contribution < -0.4 is 10.2 Å². The molecule has 38 heavy (non-hydrogen) atoms. The fourth-order valence-corrected chi connectivity index (χ4v) is 6.25. The summed E-state index contributed by atoms with van der Waals surface area (Å²) < 4.78 is 69.1. The number of aromatic nitrogens is 1. The fourth-order valence-electron chi connectivity index (χ4n) is 4.30. The van der Waals surface area contributed by atoms with Crippen LogP contribution in [0.25, 0.3) is 0 Å². The molecule has 1 amide bonds. The number of piperidine rings is 1. The van der Waals surface area contributed by atoms with Gasteiger partial charge in [0.15, 0.2) is 14.6 Å². The molecule has 0 unspecified atom stereocenters. The summed E-state index contributed by atoms with van der Waals surface area (Å²) in [6.07, 6.45) is -1.20. The first kappa shape index (κ1) is 29.4. The molecule has 2 aromatic carbocycles. The molecule has 2 heterocycles. The third-order valence-electron chi connectivity index (χ3n) is 6.40. The van der Waals surface area contributed by atoms with Gasteiger partial charge in [0.2, 0.25) is 0 Å². The van der Waals surface area contributed by atoms with Crippen molar-refractivity contribution in [2.45, 2.75) is 35.2 Å². The van der Waals surface area contributed by atoms with E-state index in [1.807, 2.05) is 17.0 Å². The molecular weight excluding hydrogens is 547 g/mol. The van der Waals surface area contributed by atoms with Gasteiger partial charge in [-0.2, -0.15) is 13.2 Å². The number of likely N-dealkylation sites (tertiary alicyclic amines) is 1. The monoisotopic (exact) mass is 571 g/mol. The number of ether oxygens (including phenoxy) is 1. The first-order valence-electron chi connectivity index (χ1n) is 11.3. The number of halogens is 4. The van der Waals surface area contributed by atoms with E-state index in [0.29, 0.717) is 19.6 Å². The number of carbonyl (C=O) groups excluding carboxylic acids is 1. The highest BCUT2D eigenvalue weighted by Crippen LogP contribution is 2.37. The minimum atomic E-state index is -4.47. The summed E-state index contributed by atoms with van der Waals surface area (Å²) in [5.74, 6) is -0.658. The molecule has 2 N–H and O–H groups in total. The molecule has 0 spiro atoms. The summed E-state index contributed by atoms with van der Waals surface area (Å²) >= 11 is 0. The molecule has 0 radical (unpaired) electrons. The Balaban J connectivity index is 0.00000400. The Labute approximate surface area is 223 Å². The molecule has 1 aliphatic heterocycles. The van der Waals surface area contributed by atoms with Crippen molar-refractivity contribution in [3.63, 3.8) is 0 Å². The van der Waals surface area contributed by atoms with Crippen LogP contribution in [0.1, 0.15) is 24.0 Å². The maximum Gasteiger partial charge on any atom is 0.416 e. The van der Waals surface area contributed by atoms with Crippen LogP contribution in [0, 0.1) is 0 Å². The fraction of sp³-hybridized carbons (Fsp3) is 0.280. The number of amides is 1. The SMILES string of the molecule is Cl.O=C(NO)C1(S(=O)(=O)c2ccc(Oc3ccc(C(F)(F)F)cc3)cc2)CCN(Cc2ccncc2)CC1. The normalized spacial score (nSPS) is 15.8. The van der Waals surface area contributed by atoms with Crippen LogP contribution in [0.4, 0.5) is 13.2 Å². The Morgan fingerprint density at radius 1 is 0.974 bits per heavy atom. The Bertz CT molecular complexity index is 1330. The van der Waals surface area contributed by atoms with E-state index < -0.39 is 32.2 Å². The minimum absolute atomic E-state index is 0. The first-order valence-corrected chi connectivity index (χ1v) is 12.8. The van der Waals surface area contributed by atoms with Crippen molar-refractivity contribution in [2.24, 2.45) is 0 Å². The second-order valence-electron chi connectivity index (χ2n) is 8.67. The highest BCUT2D eigenvalue weighted by molar-refractivity contribution is 7.93. The Morgan fingerprint density at radius 2 is 1.50 bits per heavy atom. The lowest BCUT2D eigenvalue weighted by molar-refractivity contribution is -0.137. The number of hydrogen-bond acceptors (Lipinski definition) is 7. The van der Waals surface area contributed by atoms with E-state index in [1.165, 1.54) is 29.7 Å². The van der Waals surface area contributed by atoms with Gasteiger partial charge in [0.05, 0.1) is 10.5 Å². The number of alkyl halides is 3. The van der Waals surface area contributed by atoms with Crippen molar-refractivity contribution in [1.82, 2.24) is 15.4 Å². The molecule has 0 atom stereocenters. The average molecular weight is 572 g/mol. The van der Waals surface area contributed by atoms with Gasteiger partial charge in [0.1, 0.15) is 11.5 Å². The smallest absolute Gasteiger partial charge is 0.416 e. The van der Waals surface area contributed by atoms with Crippen LogP contribution in [0.2, 0.25) is 0 Å². The minimum Gasteiger partial charge on any atom is -0.457 e. The molecule has 204 valence electrons. The number of sulfone groups is 1. The zero-order chi connectivity index (χ0) is 26.7. The maximum atomic E-state index is 13.6. The zero-order valence-corrected chi connectivity index (χ0v) is 21.5. The Kier molecular flexibility index (Phi) is 9.03. The van der Waals surface area contributed by atoms with Crippen LogP contribution in [-0.4, -0.2) is 47.3 Å². The number of pyridine rings is 1. The summed E-state index contributed by atoms with van der Waals surface area (Å²) in [6, 6.07) is 13.0. The van der Waals surface area contributed by atoms with Gasteiger partial charge in [-0.25, -0.2) is 13.9 Å². The number of nitrogens with zero attached hydrogens (tertiary/aromatic N) is 2.